The summed E-state index contributed by atoms with van der Waals surface area (Å²) < 4.78 is 37.7. The van der Waals surface area contributed by atoms with E-state index in [1.807, 2.05) is 30.3 Å². The van der Waals surface area contributed by atoms with Gasteiger partial charge in [0, 0.05) is 19.0 Å². The van der Waals surface area contributed by atoms with Crippen LogP contribution in [-0.2, 0) is 26.1 Å². The molecule has 0 spiro atoms. The van der Waals surface area contributed by atoms with Crippen molar-refractivity contribution in [3.05, 3.63) is 59.7 Å². The number of carbonyl (C=O) groups is 2. The molecule has 30 heavy (non-hydrogen) atoms. The van der Waals surface area contributed by atoms with E-state index in [1.165, 1.54) is 36.7 Å². The number of sulfonamides is 1. The molecule has 0 N–H and O–H groups in total. The minimum atomic E-state index is -3.96. The molecule has 0 saturated carbocycles. The lowest BCUT2D eigenvalue weighted by Gasteiger charge is -2.20. The molecule has 0 aliphatic rings. The normalized spacial score (nSPS) is 11.9. The van der Waals surface area contributed by atoms with Crippen LogP contribution in [0.5, 0.6) is 5.75 Å². The first-order valence-corrected chi connectivity index (χ1v) is 10.8. The van der Waals surface area contributed by atoms with Gasteiger partial charge in [-0.1, -0.05) is 51.1 Å². The van der Waals surface area contributed by atoms with Crippen LogP contribution in [0.1, 0.15) is 36.7 Å². The Labute approximate surface area is 177 Å². The third-order valence-electron chi connectivity index (χ3n) is 4.51. The maximum Gasteiger partial charge on any atom is 0.338 e. The number of Topliss-reactive ketones (excluding diaryl/α,β-unsaturated/α-hetero) is 1. The quantitative estimate of drug-likeness (QED) is 0.594. The molecule has 0 aliphatic carbocycles. The van der Waals surface area contributed by atoms with Gasteiger partial charge in [0.15, 0.2) is 12.4 Å². The molecule has 0 atom stereocenters. The number of ether oxygens (including phenoxy) is 2. The van der Waals surface area contributed by atoms with E-state index >= 15 is 0 Å². The summed E-state index contributed by atoms with van der Waals surface area (Å²) in [5.41, 5.74) is 0.192. The predicted molar refractivity (Wildman–Crippen MR) is 113 cm³/mol. The third-order valence-corrected chi connectivity index (χ3v) is 6.33. The number of esters is 1. The van der Waals surface area contributed by atoms with Crippen molar-refractivity contribution in [1.29, 1.82) is 0 Å². The van der Waals surface area contributed by atoms with Crippen molar-refractivity contribution in [3.8, 4) is 5.75 Å². The number of ketones is 1. The summed E-state index contributed by atoms with van der Waals surface area (Å²) in [7, 11) is -1.15. The Morgan fingerprint density at radius 1 is 1.03 bits per heavy atom. The lowest BCUT2D eigenvalue weighted by Crippen LogP contribution is -2.28. The van der Waals surface area contributed by atoms with E-state index in [1.54, 1.807) is 20.8 Å². The smallest absolute Gasteiger partial charge is 0.338 e. The van der Waals surface area contributed by atoms with E-state index < -0.39 is 21.4 Å². The molecule has 0 aromatic heterocycles. The lowest BCUT2D eigenvalue weighted by atomic mass is 9.91. The largest absolute Gasteiger partial charge is 0.495 e. The molecule has 0 bridgehead atoms. The van der Waals surface area contributed by atoms with Crippen molar-refractivity contribution in [1.82, 2.24) is 4.31 Å². The fraction of sp³-hybridized carbons (Fsp3) is 0.364. The van der Waals surface area contributed by atoms with Crippen LogP contribution < -0.4 is 4.74 Å². The highest BCUT2D eigenvalue weighted by Gasteiger charge is 2.27. The zero-order valence-electron chi connectivity index (χ0n) is 17.8. The van der Waals surface area contributed by atoms with E-state index in [9.17, 15) is 18.0 Å². The molecule has 8 heteroatoms. The average Bonchev–Trinajstić information content (AvgIpc) is 2.71. The number of benzene rings is 2. The first-order chi connectivity index (χ1) is 14.0. The molecule has 7 nitrogen and oxygen atoms in total. The van der Waals surface area contributed by atoms with Crippen LogP contribution in [0.2, 0.25) is 0 Å². The zero-order chi connectivity index (χ0) is 22.5. The van der Waals surface area contributed by atoms with Crippen LogP contribution in [0.15, 0.2) is 53.4 Å². The summed E-state index contributed by atoms with van der Waals surface area (Å²) in [6, 6.07) is 13.1. The molecule has 162 valence electrons. The van der Waals surface area contributed by atoms with Crippen molar-refractivity contribution in [2.75, 3.05) is 20.8 Å². The predicted octanol–water partition coefficient (Wildman–Crippen LogP) is 3.29. The Morgan fingerprint density at radius 3 is 2.23 bits per heavy atom. The van der Waals surface area contributed by atoms with Gasteiger partial charge < -0.3 is 9.47 Å². The Balaban J connectivity index is 2.28. The zero-order valence-corrected chi connectivity index (χ0v) is 18.7. The van der Waals surface area contributed by atoms with Crippen molar-refractivity contribution >= 4 is 21.8 Å². The molecule has 0 radical (unpaired) electrons. The molecule has 0 amide bonds. The molecular formula is C22H27NO6S. The highest BCUT2D eigenvalue weighted by atomic mass is 32.2. The van der Waals surface area contributed by atoms with Crippen molar-refractivity contribution in [3.63, 3.8) is 0 Å². The SMILES string of the molecule is COc1ccc(C(=O)OCC(=O)C(C)(C)C)cc1S(=O)(=O)N(C)Cc1ccccc1. The van der Waals surface area contributed by atoms with Crippen LogP contribution in [0.25, 0.3) is 0 Å². The van der Waals surface area contributed by atoms with Gasteiger partial charge in [0.25, 0.3) is 0 Å². The molecule has 2 aromatic carbocycles. The van der Waals surface area contributed by atoms with Crippen molar-refractivity contribution in [2.24, 2.45) is 5.41 Å². The standard InChI is InChI=1S/C22H27NO6S/c1-22(2,3)20(24)15-29-21(25)17-11-12-18(28-5)19(13-17)30(26,27)23(4)14-16-9-7-6-8-10-16/h6-13H,14-15H2,1-5H3. The highest BCUT2D eigenvalue weighted by molar-refractivity contribution is 7.89. The first-order valence-electron chi connectivity index (χ1n) is 9.35. The van der Waals surface area contributed by atoms with E-state index in [0.717, 1.165) is 5.56 Å². The maximum atomic E-state index is 13.1. The Hall–Kier alpha value is -2.71. The number of hydrogen-bond donors (Lipinski definition) is 0. The minimum Gasteiger partial charge on any atom is -0.495 e. The second-order valence-electron chi connectivity index (χ2n) is 7.86. The van der Waals surface area contributed by atoms with Crippen LogP contribution in [0.3, 0.4) is 0 Å². The van der Waals surface area contributed by atoms with Crippen LogP contribution >= 0.6 is 0 Å². The molecule has 0 fully saturated rings. The molecule has 2 aromatic rings. The monoisotopic (exact) mass is 433 g/mol. The fourth-order valence-electron chi connectivity index (χ4n) is 2.53. The van der Waals surface area contributed by atoms with Crippen LogP contribution in [-0.4, -0.2) is 45.2 Å². The van der Waals surface area contributed by atoms with Gasteiger partial charge in [-0.25, -0.2) is 13.2 Å². The van der Waals surface area contributed by atoms with Gasteiger partial charge in [-0.3, -0.25) is 4.79 Å². The molecule has 0 heterocycles. The van der Waals surface area contributed by atoms with Gasteiger partial charge in [0.05, 0.1) is 12.7 Å². The number of hydrogen-bond acceptors (Lipinski definition) is 6. The van der Waals surface area contributed by atoms with Gasteiger partial charge >= 0.3 is 5.97 Å². The molecule has 2 rings (SSSR count). The van der Waals surface area contributed by atoms with Crippen LogP contribution in [0.4, 0.5) is 0 Å². The first kappa shape index (κ1) is 23.6. The highest BCUT2D eigenvalue weighted by Crippen LogP contribution is 2.28. The third kappa shape index (κ3) is 5.67. The topological polar surface area (TPSA) is 90.0 Å². The summed E-state index contributed by atoms with van der Waals surface area (Å²) in [5.74, 6) is -0.908. The number of nitrogens with zero attached hydrogens (tertiary/aromatic N) is 1. The van der Waals surface area contributed by atoms with Gasteiger partial charge in [-0.05, 0) is 23.8 Å². The summed E-state index contributed by atoms with van der Waals surface area (Å²) in [6.07, 6.45) is 0. The summed E-state index contributed by atoms with van der Waals surface area (Å²) in [6.45, 7) is 4.95. The Bertz CT molecular complexity index is 1010. The van der Waals surface area contributed by atoms with E-state index in [0.29, 0.717) is 0 Å². The second-order valence-corrected chi connectivity index (χ2v) is 9.87. The summed E-state index contributed by atoms with van der Waals surface area (Å²) >= 11 is 0. The van der Waals surface area contributed by atoms with Gasteiger partial charge in [-0.15, -0.1) is 0 Å². The van der Waals surface area contributed by atoms with E-state index in [2.05, 4.69) is 0 Å². The molecular weight excluding hydrogens is 406 g/mol. The average molecular weight is 434 g/mol. The molecule has 0 unspecified atom stereocenters. The summed E-state index contributed by atoms with van der Waals surface area (Å²) in [5, 5.41) is 0. The Kier molecular flexibility index (Phi) is 7.39. The van der Waals surface area contributed by atoms with Gasteiger partial charge in [-0.2, -0.15) is 4.31 Å². The second kappa shape index (κ2) is 9.40. The van der Waals surface area contributed by atoms with Crippen LogP contribution in [0, 0.1) is 5.41 Å². The Morgan fingerprint density at radius 2 is 1.67 bits per heavy atom. The fourth-order valence-corrected chi connectivity index (χ4v) is 3.87. The van der Waals surface area contributed by atoms with E-state index in [-0.39, 0.29) is 35.1 Å². The molecule has 0 aliphatic heterocycles. The lowest BCUT2D eigenvalue weighted by molar-refractivity contribution is -0.129. The van der Waals surface area contributed by atoms with Crippen molar-refractivity contribution in [2.45, 2.75) is 32.2 Å². The summed E-state index contributed by atoms with van der Waals surface area (Å²) in [4.78, 5) is 24.2. The number of carbonyl (C=O) groups excluding carboxylic acids is 2. The minimum absolute atomic E-state index is 0.0178. The number of methoxy groups -OCH3 is 1. The maximum absolute atomic E-state index is 13.1. The van der Waals surface area contributed by atoms with Gasteiger partial charge in [0.1, 0.15) is 10.6 Å². The molecule has 0 saturated heterocycles. The van der Waals surface area contributed by atoms with Crippen molar-refractivity contribution < 1.29 is 27.5 Å². The van der Waals surface area contributed by atoms with E-state index in [4.69, 9.17) is 9.47 Å². The van der Waals surface area contributed by atoms with Gasteiger partial charge in [0.2, 0.25) is 10.0 Å². The number of rotatable bonds is 8.